The third-order valence-electron chi connectivity index (χ3n) is 2.90. The number of rotatable bonds is 5. The van der Waals surface area contributed by atoms with Gasteiger partial charge in [-0.2, -0.15) is 8.42 Å². The maximum Gasteiger partial charge on any atom is 0.279 e. The molecule has 1 aromatic heterocycles. The van der Waals surface area contributed by atoms with Crippen molar-refractivity contribution in [1.82, 2.24) is 4.98 Å². The molecule has 2 aromatic rings. The normalized spacial score (nSPS) is 11.3. The lowest BCUT2D eigenvalue weighted by Crippen LogP contribution is -2.15. The third-order valence-corrected chi connectivity index (χ3v) is 4.18. The molecule has 6 heteroatoms. The average Bonchev–Trinajstić information content (AvgIpc) is 2.47. The Morgan fingerprint density at radius 1 is 1.20 bits per heavy atom. The summed E-state index contributed by atoms with van der Waals surface area (Å²) in [4.78, 5) is 3.86. The maximum absolute atomic E-state index is 12.2. The van der Waals surface area contributed by atoms with E-state index in [0.29, 0.717) is 11.3 Å². The lowest BCUT2D eigenvalue weighted by Gasteiger charge is -2.11. The highest BCUT2D eigenvalue weighted by Crippen LogP contribution is 2.19. The molecule has 1 aromatic carbocycles. The molecule has 2 N–H and O–H groups in total. The number of sulfonamides is 1. The van der Waals surface area contributed by atoms with Gasteiger partial charge in [-0.05, 0) is 29.7 Å². The van der Waals surface area contributed by atoms with Crippen molar-refractivity contribution in [3.8, 4) is 0 Å². The molecule has 1 heterocycles. The van der Waals surface area contributed by atoms with E-state index in [4.69, 9.17) is 5.11 Å². The second-order valence-corrected chi connectivity index (χ2v) is 5.91. The van der Waals surface area contributed by atoms with Crippen molar-refractivity contribution in [1.29, 1.82) is 0 Å². The Kier molecular flexibility index (Phi) is 4.36. The van der Waals surface area contributed by atoms with Crippen LogP contribution in [0.5, 0.6) is 0 Å². The number of para-hydroxylation sites is 1. The fourth-order valence-electron chi connectivity index (χ4n) is 1.79. The van der Waals surface area contributed by atoms with E-state index < -0.39 is 10.0 Å². The van der Waals surface area contributed by atoms with Crippen LogP contribution in [0, 0.1) is 0 Å². The number of nitrogens with zero attached hydrogens (tertiary/aromatic N) is 1. The Balaban J connectivity index is 2.30. The highest BCUT2D eigenvalue weighted by molar-refractivity contribution is 7.92. The van der Waals surface area contributed by atoms with Crippen molar-refractivity contribution in [2.75, 3.05) is 4.72 Å². The Morgan fingerprint density at radius 3 is 2.55 bits per heavy atom. The molecule has 0 spiro atoms. The summed E-state index contributed by atoms with van der Waals surface area (Å²) in [7, 11) is -3.71. The molecule has 0 bridgehead atoms. The van der Waals surface area contributed by atoms with Gasteiger partial charge < -0.3 is 5.11 Å². The summed E-state index contributed by atoms with van der Waals surface area (Å²) >= 11 is 0. The number of benzene rings is 1. The van der Waals surface area contributed by atoms with Gasteiger partial charge in [-0.25, -0.2) is 4.98 Å². The number of aromatic nitrogens is 1. The molecule has 106 valence electrons. The van der Waals surface area contributed by atoms with Crippen molar-refractivity contribution < 1.29 is 13.5 Å². The quantitative estimate of drug-likeness (QED) is 0.882. The monoisotopic (exact) mass is 292 g/mol. The molecule has 0 saturated heterocycles. The first-order valence-electron chi connectivity index (χ1n) is 6.23. The number of aryl methyl sites for hydroxylation is 1. The predicted molar refractivity (Wildman–Crippen MR) is 76.8 cm³/mol. The Hall–Kier alpha value is -1.92. The summed E-state index contributed by atoms with van der Waals surface area (Å²) in [5.41, 5.74) is 2.05. The maximum atomic E-state index is 12.2. The molecule has 5 nitrogen and oxygen atoms in total. The minimum atomic E-state index is -3.71. The molecule has 0 aliphatic carbocycles. The first-order valence-corrected chi connectivity index (χ1v) is 7.71. The van der Waals surface area contributed by atoms with Crippen LogP contribution in [0.2, 0.25) is 0 Å². The predicted octanol–water partition coefficient (Wildman–Crippen LogP) is 1.94. The summed E-state index contributed by atoms with van der Waals surface area (Å²) in [5.74, 6) is 0. The number of aliphatic hydroxyl groups excluding tert-OH is 1. The molecule has 0 atom stereocenters. The largest absolute Gasteiger partial charge is 0.392 e. The van der Waals surface area contributed by atoms with Gasteiger partial charge in [-0.3, -0.25) is 4.72 Å². The number of hydrogen-bond acceptors (Lipinski definition) is 4. The number of nitrogens with one attached hydrogen (secondary N) is 1. The highest BCUT2D eigenvalue weighted by Gasteiger charge is 2.16. The fourth-order valence-corrected chi connectivity index (χ4v) is 2.82. The van der Waals surface area contributed by atoms with Crippen molar-refractivity contribution >= 4 is 15.7 Å². The van der Waals surface area contributed by atoms with E-state index in [1.165, 1.54) is 18.3 Å². The molecule has 2 rings (SSSR count). The molecule has 0 aliphatic rings. The van der Waals surface area contributed by atoms with Crippen LogP contribution in [-0.4, -0.2) is 18.5 Å². The fraction of sp³-hybridized carbons (Fsp3) is 0.214. The van der Waals surface area contributed by atoms with Crippen molar-refractivity contribution in [3.63, 3.8) is 0 Å². The Morgan fingerprint density at radius 2 is 1.95 bits per heavy atom. The Labute approximate surface area is 118 Å². The van der Waals surface area contributed by atoms with E-state index >= 15 is 0 Å². The van der Waals surface area contributed by atoms with Crippen LogP contribution in [0.4, 0.5) is 5.69 Å². The van der Waals surface area contributed by atoms with E-state index in [9.17, 15) is 8.42 Å². The number of hydrogen-bond donors (Lipinski definition) is 2. The minimum Gasteiger partial charge on any atom is -0.392 e. The van der Waals surface area contributed by atoms with Gasteiger partial charge in [-0.1, -0.05) is 31.2 Å². The highest BCUT2D eigenvalue weighted by atomic mass is 32.2. The third kappa shape index (κ3) is 3.15. The summed E-state index contributed by atoms with van der Waals surface area (Å²) < 4.78 is 27.0. The van der Waals surface area contributed by atoms with Crippen molar-refractivity contribution in [2.45, 2.75) is 25.0 Å². The molecular weight excluding hydrogens is 276 g/mol. The molecule has 0 fully saturated rings. The van der Waals surface area contributed by atoms with Gasteiger partial charge in [0.2, 0.25) is 0 Å². The van der Waals surface area contributed by atoms with Crippen LogP contribution >= 0.6 is 0 Å². The van der Waals surface area contributed by atoms with Crippen LogP contribution in [0.25, 0.3) is 0 Å². The standard InChI is InChI=1S/C14H16N2O3S/c1-2-12-5-3-4-6-13(12)16-20(18,19)14-8-7-11(10-17)9-15-14/h3-9,16-17H,2,10H2,1H3. The summed E-state index contributed by atoms with van der Waals surface area (Å²) in [5, 5.41) is 8.86. The van der Waals surface area contributed by atoms with Crippen LogP contribution < -0.4 is 4.72 Å². The van der Waals surface area contributed by atoms with E-state index in [1.807, 2.05) is 19.1 Å². The zero-order valence-electron chi connectivity index (χ0n) is 11.1. The lowest BCUT2D eigenvalue weighted by molar-refractivity contribution is 0.281. The molecule has 0 amide bonds. The van der Waals surface area contributed by atoms with E-state index in [2.05, 4.69) is 9.71 Å². The first-order chi connectivity index (χ1) is 9.56. The van der Waals surface area contributed by atoms with Gasteiger partial charge in [0, 0.05) is 6.20 Å². The summed E-state index contributed by atoms with van der Waals surface area (Å²) in [6.45, 7) is 1.79. The van der Waals surface area contributed by atoms with E-state index in [0.717, 1.165) is 12.0 Å². The zero-order valence-corrected chi connectivity index (χ0v) is 11.9. The minimum absolute atomic E-state index is 0.0689. The number of anilines is 1. The number of pyridine rings is 1. The molecule has 0 aliphatic heterocycles. The second-order valence-electron chi connectivity index (χ2n) is 4.28. The molecular formula is C14H16N2O3S. The topological polar surface area (TPSA) is 79.3 Å². The SMILES string of the molecule is CCc1ccccc1NS(=O)(=O)c1ccc(CO)cn1. The smallest absolute Gasteiger partial charge is 0.279 e. The van der Waals surface area contributed by atoms with Gasteiger partial charge in [0.05, 0.1) is 12.3 Å². The summed E-state index contributed by atoms with van der Waals surface area (Å²) in [6.07, 6.45) is 2.08. The molecule has 0 unspecified atom stereocenters. The Bertz CT molecular complexity index is 682. The second kappa shape index (κ2) is 6.02. The van der Waals surface area contributed by atoms with Gasteiger partial charge >= 0.3 is 0 Å². The van der Waals surface area contributed by atoms with Crippen LogP contribution in [0.1, 0.15) is 18.1 Å². The van der Waals surface area contributed by atoms with Gasteiger partial charge in [0.15, 0.2) is 5.03 Å². The van der Waals surface area contributed by atoms with Crippen LogP contribution in [0.3, 0.4) is 0 Å². The van der Waals surface area contributed by atoms with Crippen molar-refractivity contribution in [3.05, 3.63) is 53.7 Å². The van der Waals surface area contributed by atoms with Gasteiger partial charge in [0.25, 0.3) is 10.0 Å². The lowest BCUT2D eigenvalue weighted by atomic mass is 10.1. The van der Waals surface area contributed by atoms with E-state index in [-0.39, 0.29) is 11.6 Å². The van der Waals surface area contributed by atoms with E-state index in [1.54, 1.807) is 12.1 Å². The van der Waals surface area contributed by atoms with Crippen LogP contribution in [0.15, 0.2) is 47.6 Å². The number of aliphatic hydroxyl groups is 1. The molecule has 20 heavy (non-hydrogen) atoms. The van der Waals surface area contributed by atoms with Gasteiger partial charge in [0.1, 0.15) is 0 Å². The molecule has 0 saturated carbocycles. The summed E-state index contributed by atoms with van der Waals surface area (Å²) in [6, 6.07) is 10.2. The molecule has 0 radical (unpaired) electrons. The first kappa shape index (κ1) is 14.5. The van der Waals surface area contributed by atoms with Crippen molar-refractivity contribution in [2.24, 2.45) is 0 Å². The van der Waals surface area contributed by atoms with Gasteiger partial charge in [-0.15, -0.1) is 0 Å². The van der Waals surface area contributed by atoms with Crippen LogP contribution in [-0.2, 0) is 23.1 Å². The zero-order chi connectivity index (χ0) is 14.6. The average molecular weight is 292 g/mol.